The van der Waals surface area contributed by atoms with Crippen molar-refractivity contribution in [2.45, 2.75) is 20.3 Å². The van der Waals surface area contributed by atoms with Gasteiger partial charge in [-0.15, -0.1) is 0 Å². The highest BCUT2D eigenvalue weighted by Crippen LogP contribution is 2.30. The van der Waals surface area contributed by atoms with Crippen molar-refractivity contribution in [1.82, 2.24) is 14.8 Å². The lowest BCUT2D eigenvalue weighted by molar-refractivity contribution is 0.0527. The van der Waals surface area contributed by atoms with Crippen molar-refractivity contribution < 1.29 is 13.9 Å². The van der Waals surface area contributed by atoms with Crippen molar-refractivity contribution in [2.75, 3.05) is 36.5 Å². The maximum absolute atomic E-state index is 13.2. The second-order valence-electron chi connectivity index (χ2n) is 7.63. The van der Waals surface area contributed by atoms with Crippen molar-refractivity contribution in [3.8, 4) is 0 Å². The van der Waals surface area contributed by atoms with E-state index in [0.29, 0.717) is 24.6 Å². The van der Waals surface area contributed by atoms with Gasteiger partial charge in [0, 0.05) is 38.6 Å². The largest absolute Gasteiger partial charge is 0.462 e. The van der Waals surface area contributed by atoms with Crippen molar-refractivity contribution in [3.05, 3.63) is 47.5 Å². The maximum Gasteiger partial charge on any atom is 0.341 e. The van der Waals surface area contributed by atoms with E-state index < -0.39 is 5.97 Å². The van der Waals surface area contributed by atoms with Gasteiger partial charge in [-0.1, -0.05) is 0 Å². The van der Waals surface area contributed by atoms with Gasteiger partial charge >= 0.3 is 5.97 Å². The van der Waals surface area contributed by atoms with Gasteiger partial charge in [0.2, 0.25) is 0 Å². The summed E-state index contributed by atoms with van der Waals surface area (Å²) in [6.07, 6.45) is 2.57. The van der Waals surface area contributed by atoms with Crippen molar-refractivity contribution in [3.63, 3.8) is 0 Å². The molecule has 4 rings (SSSR count). The number of nitrogens with zero attached hydrogens (tertiary/aromatic N) is 4. The van der Waals surface area contributed by atoms with Gasteiger partial charge < -0.3 is 15.0 Å². The molecule has 1 N–H and O–H groups in total. The highest BCUT2D eigenvalue weighted by atomic mass is 19.1. The summed E-state index contributed by atoms with van der Waals surface area (Å²) in [7, 11) is 1.84. The van der Waals surface area contributed by atoms with Crippen LogP contribution in [0.3, 0.4) is 0 Å². The van der Waals surface area contributed by atoms with Gasteiger partial charge in [0.25, 0.3) is 0 Å². The number of esters is 1. The van der Waals surface area contributed by atoms with Gasteiger partial charge in [0.05, 0.1) is 23.4 Å². The van der Waals surface area contributed by atoms with Gasteiger partial charge in [-0.05, 0) is 50.5 Å². The fourth-order valence-electron chi connectivity index (χ4n) is 4.09. The Hall–Kier alpha value is -3.16. The lowest BCUT2D eigenvalue weighted by atomic mass is 10.1. The number of rotatable bonds is 6. The topological polar surface area (TPSA) is 72.3 Å². The number of anilines is 2. The van der Waals surface area contributed by atoms with Crippen LogP contribution in [-0.2, 0) is 11.8 Å². The molecule has 0 amide bonds. The first kappa shape index (κ1) is 20.1. The Kier molecular flexibility index (Phi) is 5.57. The summed E-state index contributed by atoms with van der Waals surface area (Å²) in [4.78, 5) is 19.2. The summed E-state index contributed by atoms with van der Waals surface area (Å²) < 4.78 is 20.2. The maximum atomic E-state index is 13.2. The van der Waals surface area contributed by atoms with Crippen LogP contribution >= 0.6 is 0 Å². The molecule has 7 nitrogen and oxygen atoms in total. The Bertz CT molecular complexity index is 1060. The number of carbonyl (C=O) groups excluding carboxylic acids is 1. The molecule has 2 aromatic heterocycles. The quantitative estimate of drug-likeness (QED) is 0.626. The fraction of sp³-hybridized carbons (Fsp3) is 0.409. The van der Waals surface area contributed by atoms with Crippen LogP contribution in [0.4, 0.5) is 15.8 Å². The molecule has 1 saturated heterocycles. The Morgan fingerprint density at radius 2 is 2.10 bits per heavy atom. The number of ether oxygens (including phenoxy) is 1. The van der Waals surface area contributed by atoms with Gasteiger partial charge in [0.1, 0.15) is 11.4 Å². The molecular formula is C22H26FN5O2. The van der Waals surface area contributed by atoms with E-state index in [4.69, 9.17) is 4.74 Å². The minimum Gasteiger partial charge on any atom is -0.462 e. The standard InChI is InChI=1S/C22H26FN5O2/c1-4-30-22(29)18-12-25-21-19(14(2)26-27(21)3)20(18)24-11-15-9-10-28(13-15)17-7-5-16(23)6-8-17/h5-8,12,15H,4,9-11,13H2,1-3H3,(H,24,25). The Labute approximate surface area is 174 Å². The van der Waals surface area contributed by atoms with E-state index in [2.05, 4.69) is 20.3 Å². The summed E-state index contributed by atoms with van der Waals surface area (Å²) in [5.74, 6) is -0.224. The smallest absolute Gasteiger partial charge is 0.341 e. The number of aromatic nitrogens is 3. The molecule has 1 aromatic carbocycles. The Balaban J connectivity index is 1.55. The highest BCUT2D eigenvalue weighted by molar-refractivity contribution is 6.05. The zero-order chi connectivity index (χ0) is 21.3. The summed E-state index contributed by atoms with van der Waals surface area (Å²) >= 11 is 0. The lowest BCUT2D eigenvalue weighted by Gasteiger charge is -2.19. The first-order valence-electron chi connectivity index (χ1n) is 10.2. The number of nitrogens with one attached hydrogen (secondary N) is 1. The first-order chi connectivity index (χ1) is 14.5. The lowest BCUT2D eigenvalue weighted by Crippen LogP contribution is -2.23. The van der Waals surface area contributed by atoms with Gasteiger partial charge in [-0.2, -0.15) is 5.10 Å². The van der Waals surface area contributed by atoms with Crippen LogP contribution in [0.1, 0.15) is 29.4 Å². The van der Waals surface area contributed by atoms with Crippen LogP contribution in [0.2, 0.25) is 0 Å². The minimum atomic E-state index is -0.392. The zero-order valence-corrected chi connectivity index (χ0v) is 17.5. The molecule has 8 heteroatoms. The number of pyridine rings is 1. The molecule has 1 unspecified atom stereocenters. The number of hydrogen-bond donors (Lipinski definition) is 1. The molecular weight excluding hydrogens is 385 g/mol. The van der Waals surface area contributed by atoms with E-state index in [1.807, 2.05) is 26.1 Å². The number of carbonyl (C=O) groups is 1. The third-order valence-electron chi connectivity index (χ3n) is 5.57. The fourth-order valence-corrected chi connectivity index (χ4v) is 4.09. The highest BCUT2D eigenvalue weighted by Gasteiger charge is 2.25. The summed E-state index contributed by atoms with van der Waals surface area (Å²) in [6, 6.07) is 6.61. The minimum absolute atomic E-state index is 0.226. The summed E-state index contributed by atoms with van der Waals surface area (Å²) in [6.45, 7) is 6.49. The van der Waals surface area contributed by atoms with Crippen LogP contribution in [0, 0.1) is 18.7 Å². The molecule has 1 aliphatic heterocycles. The molecule has 1 atom stereocenters. The average molecular weight is 411 g/mol. The number of aryl methyl sites for hydroxylation is 2. The van der Waals surface area contributed by atoms with Crippen LogP contribution in [-0.4, -0.2) is 47.0 Å². The Morgan fingerprint density at radius 1 is 1.33 bits per heavy atom. The number of hydrogen-bond acceptors (Lipinski definition) is 6. The normalized spacial score (nSPS) is 16.3. The van der Waals surface area contributed by atoms with E-state index in [9.17, 15) is 9.18 Å². The third kappa shape index (κ3) is 3.81. The van der Waals surface area contributed by atoms with Crippen molar-refractivity contribution in [2.24, 2.45) is 13.0 Å². The van der Waals surface area contributed by atoms with Crippen LogP contribution in [0.25, 0.3) is 11.0 Å². The zero-order valence-electron chi connectivity index (χ0n) is 17.5. The molecule has 1 fully saturated rings. The van der Waals surface area contributed by atoms with Crippen molar-refractivity contribution >= 4 is 28.4 Å². The monoisotopic (exact) mass is 411 g/mol. The number of fused-ring (bicyclic) bond motifs is 1. The number of benzene rings is 1. The summed E-state index contributed by atoms with van der Waals surface area (Å²) in [5, 5.41) is 8.79. The second-order valence-corrected chi connectivity index (χ2v) is 7.63. The average Bonchev–Trinajstić information content (AvgIpc) is 3.31. The van der Waals surface area contributed by atoms with E-state index in [1.165, 1.54) is 12.1 Å². The SMILES string of the molecule is CCOC(=O)c1cnc2c(c(C)nn2C)c1NCC1CCN(c2ccc(F)cc2)C1. The van der Waals surface area contributed by atoms with Crippen LogP contribution in [0.5, 0.6) is 0 Å². The molecule has 30 heavy (non-hydrogen) atoms. The van der Waals surface area contributed by atoms with Crippen molar-refractivity contribution in [1.29, 1.82) is 0 Å². The van der Waals surface area contributed by atoms with E-state index in [1.54, 1.807) is 17.8 Å². The predicted octanol–water partition coefficient (Wildman–Crippen LogP) is 3.53. The number of halogens is 1. The van der Waals surface area contributed by atoms with Crippen LogP contribution in [0.15, 0.2) is 30.5 Å². The van der Waals surface area contributed by atoms with E-state index in [-0.39, 0.29) is 5.82 Å². The second kappa shape index (κ2) is 8.30. The summed E-state index contributed by atoms with van der Waals surface area (Å²) in [5.41, 5.74) is 3.72. The predicted molar refractivity (Wildman–Crippen MR) is 114 cm³/mol. The molecule has 0 spiro atoms. The van der Waals surface area contributed by atoms with Gasteiger partial charge in [-0.3, -0.25) is 4.68 Å². The Morgan fingerprint density at radius 3 is 2.83 bits per heavy atom. The molecule has 1 aliphatic rings. The molecule has 3 aromatic rings. The van der Waals surface area contributed by atoms with Crippen LogP contribution < -0.4 is 10.2 Å². The van der Waals surface area contributed by atoms with Gasteiger partial charge in [0.15, 0.2) is 5.65 Å². The molecule has 0 radical (unpaired) electrons. The molecule has 0 saturated carbocycles. The first-order valence-corrected chi connectivity index (χ1v) is 10.2. The molecule has 0 bridgehead atoms. The van der Waals surface area contributed by atoms with Gasteiger partial charge in [-0.25, -0.2) is 14.2 Å². The molecule has 0 aliphatic carbocycles. The van der Waals surface area contributed by atoms with E-state index in [0.717, 1.165) is 47.6 Å². The van der Waals surface area contributed by atoms with E-state index >= 15 is 0 Å². The third-order valence-corrected chi connectivity index (χ3v) is 5.57. The molecule has 3 heterocycles. The molecule has 158 valence electrons.